The Morgan fingerprint density at radius 3 is 2.67 bits per heavy atom. The minimum atomic E-state index is -0.416. The van der Waals surface area contributed by atoms with Gasteiger partial charge < -0.3 is 16.2 Å². The molecule has 0 aliphatic rings. The lowest BCUT2D eigenvalue weighted by Crippen LogP contribution is -2.20. The molecule has 0 radical (unpaired) electrons. The van der Waals surface area contributed by atoms with Crippen molar-refractivity contribution >= 4 is 17.2 Å². The molecule has 4 nitrogen and oxygen atoms in total. The van der Waals surface area contributed by atoms with E-state index in [-0.39, 0.29) is 6.42 Å². The first-order chi connectivity index (χ1) is 8.66. The predicted molar refractivity (Wildman–Crippen MR) is 71.6 cm³/mol. The molecule has 0 aliphatic heterocycles. The highest BCUT2D eigenvalue weighted by atomic mass is 32.1. The van der Waals surface area contributed by atoms with Crippen LogP contribution in [0.1, 0.15) is 17.3 Å². The first kappa shape index (κ1) is 12.6. The number of hydrogen-bond acceptors (Lipinski definition) is 4. The number of primary amides is 1. The summed E-state index contributed by atoms with van der Waals surface area (Å²) in [4.78, 5) is 11.7. The number of amides is 1. The Morgan fingerprint density at radius 1 is 1.28 bits per heavy atom. The van der Waals surface area contributed by atoms with Crippen molar-refractivity contribution in [3.63, 3.8) is 0 Å². The maximum atomic E-state index is 10.9. The van der Waals surface area contributed by atoms with Crippen LogP contribution >= 0.6 is 11.3 Å². The quantitative estimate of drug-likeness (QED) is 0.868. The SMILES string of the molecule is NC(=O)CC(N)c1sccc1Oc1ccccc1. The zero-order valence-electron chi connectivity index (χ0n) is 9.71. The van der Waals surface area contributed by atoms with E-state index in [2.05, 4.69) is 0 Å². The van der Waals surface area contributed by atoms with Crippen molar-refractivity contribution in [2.45, 2.75) is 12.5 Å². The van der Waals surface area contributed by atoms with Gasteiger partial charge in [0.05, 0.1) is 10.9 Å². The summed E-state index contributed by atoms with van der Waals surface area (Å²) in [5.74, 6) is 1.00. The molecule has 1 aromatic carbocycles. The number of carbonyl (C=O) groups excluding carboxylic acids is 1. The van der Waals surface area contributed by atoms with Gasteiger partial charge in [0.25, 0.3) is 0 Å². The maximum absolute atomic E-state index is 10.9. The van der Waals surface area contributed by atoms with Crippen LogP contribution in [0, 0.1) is 0 Å². The summed E-state index contributed by atoms with van der Waals surface area (Å²) in [6.45, 7) is 0. The highest BCUT2D eigenvalue weighted by Gasteiger charge is 2.16. The van der Waals surface area contributed by atoms with Crippen LogP contribution in [0.3, 0.4) is 0 Å². The van der Waals surface area contributed by atoms with Crippen molar-refractivity contribution in [2.24, 2.45) is 11.5 Å². The molecule has 0 saturated carbocycles. The van der Waals surface area contributed by atoms with Gasteiger partial charge in [-0.15, -0.1) is 11.3 Å². The number of nitrogens with two attached hydrogens (primary N) is 2. The summed E-state index contributed by atoms with van der Waals surface area (Å²) >= 11 is 1.46. The van der Waals surface area contributed by atoms with Gasteiger partial charge in [-0.1, -0.05) is 18.2 Å². The largest absolute Gasteiger partial charge is 0.456 e. The van der Waals surface area contributed by atoms with Crippen LogP contribution in [0.5, 0.6) is 11.5 Å². The maximum Gasteiger partial charge on any atom is 0.219 e. The molecule has 0 saturated heterocycles. The molecule has 1 amide bonds. The van der Waals surface area contributed by atoms with Gasteiger partial charge in [-0.05, 0) is 23.6 Å². The first-order valence-electron chi connectivity index (χ1n) is 5.51. The molecular formula is C13H14N2O2S. The number of ether oxygens (including phenoxy) is 1. The van der Waals surface area contributed by atoms with E-state index in [1.807, 2.05) is 41.8 Å². The van der Waals surface area contributed by atoms with Crippen LogP contribution in [0.4, 0.5) is 0 Å². The molecule has 18 heavy (non-hydrogen) atoms. The zero-order chi connectivity index (χ0) is 13.0. The average Bonchev–Trinajstić information content (AvgIpc) is 2.77. The van der Waals surface area contributed by atoms with Crippen molar-refractivity contribution in [3.8, 4) is 11.5 Å². The number of hydrogen-bond donors (Lipinski definition) is 2. The fourth-order valence-corrected chi connectivity index (χ4v) is 2.41. The van der Waals surface area contributed by atoms with Gasteiger partial charge in [-0.3, -0.25) is 4.79 Å². The predicted octanol–water partition coefficient (Wildman–Crippen LogP) is 2.42. The number of rotatable bonds is 5. The molecule has 2 rings (SSSR count). The van der Waals surface area contributed by atoms with Crippen LogP contribution in [0.15, 0.2) is 41.8 Å². The second-order valence-corrected chi connectivity index (χ2v) is 4.79. The summed E-state index contributed by atoms with van der Waals surface area (Å²) in [6, 6.07) is 10.9. The van der Waals surface area contributed by atoms with Gasteiger partial charge >= 0.3 is 0 Å². The van der Waals surface area contributed by atoms with E-state index in [9.17, 15) is 4.79 Å². The highest BCUT2D eigenvalue weighted by Crippen LogP contribution is 2.34. The molecular weight excluding hydrogens is 248 g/mol. The topological polar surface area (TPSA) is 78.3 Å². The Hall–Kier alpha value is -1.85. The molecule has 1 unspecified atom stereocenters. The fraction of sp³-hybridized carbons (Fsp3) is 0.154. The average molecular weight is 262 g/mol. The lowest BCUT2D eigenvalue weighted by molar-refractivity contribution is -0.118. The van der Waals surface area contributed by atoms with Crippen molar-refractivity contribution in [2.75, 3.05) is 0 Å². The van der Waals surface area contributed by atoms with E-state index in [4.69, 9.17) is 16.2 Å². The van der Waals surface area contributed by atoms with Crippen molar-refractivity contribution in [1.82, 2.24) is 0 Å². The summed E-state index contributed by atoms with van der Waals surface area (Å²) in [5, 5.41) is 1.88. The monoisotopic (exact) mass is 262 g/mol. The van der Waals surface area contributed by atoms with Crippen LogP contribution in [0.2, 0.25) is 0 Å². The molecule has 0 fully saturated rings. The molecule has 0 aliphatic carbocycles. The molecule has 5 heteroatoms. The van der Waals surface area contributed by atoms with Gasteiger partial charge in [0, 0.05) is 6.42 Å². The van der Waals surface area contributed by atoms with Gasteiger partial charge in [-0.25, -0.2) is 0 Å². The van der Waals surface area contributed by atoms with Gasteiger partial charge in [-0.2, -0.15) is 0 Å². The Balaban J connectivity index is 2.15. The summed E-state index contributed by atoms with van der Waals surface area (Å²) < 4.78 is 5.73. The summed E-state index contributed by atoms with van der Waals surface area (Å²) in [7, 11) is 0. The molecule has 94 valence electrons. The second-order valence-electron chi connectivity index (χ2n) is 3.84. The van der Waals surface area contributed by atoms with Crippen LogP contribution < -0.4 is 16.2 Å². The summed E-state index contributed by atoms with van der Waals surface area (Å²) in [6.07, 6.45) is 0.117. The molecule has 4 N–H and O–H groups in total. The Kier molecular flexibility index (Phi) is 3.96. The van der Waals surface area contributed by atoms with Crippen LogP contribution in [0.25, 0.3) is 0 Å². The fourth-order valence-electron chi connectivity index (χ4n) is 1.59. The number of para-hydroxylation sites is 1. The lowest BCUT2D eigenvalue weighted by atomic mass is 10.1. The number of thiophene rings is 1. The van der Waals surface area contributed by atoms with Crippen LogP contribution in [-0.4, -0.2) is 5.91 Å². The van der Waals surface area contributed by atoms with E-state index >= 15 is 0 Å². The number of benzene rings is 1. The third kappa shape index (κ3) is 3.09. The smallest absolute Gasteiger partial charge is 0.219 e. The lowest BCUT2D eigenvalue weighted by Gasteiger charge is -2.11. The van der Waals surface area contributed by atoms with Gasteiger partial charge in [0.2, 0.25) is 5.91 Å². The molecule has 1 aromatic heterocycles. The standard InChI is InChI=1S/C13H14N2O2S/c14-10(8-12(15)16)13-11(6-7-18-13)17-9-4-2-1-3-5-9/h1-7,10H,8,14H2,(H2,15,16). The van der Waals surface area contributed by atoms with Crippen molar-refractivity contribution in [1.29, 1.82) is 0 Å². The number of carbonyl (C=O) groups is 1. The van der Waals surface area contributed by atoms with E-state index in [0.717, 1.165) is 10.6 Å². The normalized spacial score (nSPS) is 12.1. The highest BCUT2D eigenvalue weighted by molar-refractivity contribution is 7.10. The van der Waals surface area contributed by atoms with E-state index in [0.29, 0.717) is 5.75 Å². The van der Waals surface area contributed by atoms with Gasteiger partial charge in [0.1, 0.15) is 11.5 Å². The van der Waals surface area contributed by atoms with Crippen LogP contribution in [-0.2, 0) is 4.79 Å². The molecule has 0 spiro atoms. The van der Waals surface area contributed by atoms with E-state index in [1.165, 1.54) is 11.3 Å². The Bertz CT molecular complexity index is 525. The molecule has 2 aromatic rings. The first-order valence-corrected chi connectivity index (χ1v) is 6.39. The van der Waals surface area contributed by atoms with Gasteiger partial charge in [0.15, 0.2) is 0 Å². The second kappa shape index (κ2) is 5.66. The molecule has 0 bridgehead atoms. The molecule has 1 heterocycles. The Labute approximate surface area is 109 Å². The molecule has 1 atom stereocenters. The van der Waals surface area contributed by atoms with E-state index in [1.54, 1.807) is 0 Å². The minimum Gasteiger partial charge on any atom is -0.456 e. The van der Waals surface area contributed by atoms with Crippen molar-refractivity contribution < 1.29 is 9.53 Å². The third-order valence-electron chi connectivity index (χ3n) is 2.39. The zero-order valence-corrected chi connectivity index (χ0v) is 10.5. The third-order valence-corrected chi connectivity index (χ3v) is 3.42. The van der Waals surface area contributed by atoms with Crippen molar-refractivity contribution in [3.05, 3.63) is 46.7 Å². The van der Waals surface area contributed by atoms with E-state index < -0.39 is 11.9 Å². The Morgan fingerprint density at radius 2 is 2.00 bits per heavy atom. The summed E-state index contributed by atoms with van der Waals surface area (Å²) in [5.41, 5.74) is 11.1. The minimum absolute atomic E-state index is 0.117.